The minimum atomic E-state index is 0.320. The quantitative estimate of drug-likeness (QED) is 0.767. The second-order valence-corrected chi connectivity index (χ2v) is 5.53. The smallest absolute Gasteiger partial charge is 0.222 e. The Hall–Kier alpha value is -0.610. The van der Waals surface area contributed by atoms with Crippen molar-refractivity contribution in [3.63, 3.8) is 0 Å². The molecule has 0 aromatic rings. The number of carbonyl (C=O) groups is 1. The molecule has 1 heterocycles. The van der Waals surface area contributed by atoms with Crippen molar-refractivity contribution in [3.05, 3.63) is 0 Å². The fourth-order valence-electron chi connectivity index (χ4n) is 2.42. The largest absolute Gasteiger partial charge is 0.340 e. The average molecular weight is 239 g/mol. The van der Waals surface area contributed by atoms with Crippen molar-refractivity contribution in [2.24, 2.45) is 11.7 Å². The van der Waals surface area contributed by atoms with E-state index in [0.717, 1.165) is 38.6 Å². The lowest BCUT2D eigenvalue weighted by Gasteiger charge is -2.35. The highest BCUT2D eigenvalue weighted by atomic mass is 16.2. The number of carbonyl (C=O) groups excluding carboxylic acids is 1. The van der Waals surface area contributed by atoms with Crippen LogP contribution in [0.1, 0.15) is 32.6 Å². The van der Waals surface area contributed by atoms with Crippen LogP contribution in [0.2, 0.25) is 0 Å². The molecule has 0 spiro atoms. The number of amides is 1. The molecule has 2 rings (SSSR count). The molecular formula is C13H25N3O. The predicted octanol–water partition coefficient (Wildman–Crippen LogP) is 0.668. The van der Waals surface area contributed by atoms with Crippen LogP contribution in [0.15, 0.2) is 0 Å². The van der Waals surface area contributed by atoms with Gasteiger partial charge in [-0.1, -0.05) is 6.92 Å². The maximum absolute atomic E-state index is 12.0. The van der Waals surface area contributed by atoms with E-state index in [-0.39, 0.29) is 0 Å². The van der Waals surface area contributed by atoms with Crippen molar-refractivity contribution >= 4 is 5.91 Å². The molecular weight excluding hydrogens is 214 g/mol. The molecule has 98 valence electrons. The lowest BCUT2D eigenvalue weighted by atomic mass is 10.1. The van der Waals surface area contributed by atoms with Gasteiger partial charge in [0.25, 0.3) is 0 Å². The molecule has 17 heavy (non-hydrogen) atoms. The molecule has 2 aliphatic rings. The number of hydrogen-bond donors (Lipinski definition) is 1. The number of hydrogen-bond acceptors (Lipinski definition) is 3. The van der Waals surface area contributed by atoms with Crippen LogP contribution in [0.25, 0.3) is 0 Å². The van der Waals surface area contributed by atoms with E-state index in [2.05, 4.69) is 11.8 Å². The summed E-state index contributed by atoms with van der Waals surface area (Å²) in [4.78, 5) is 16.5. The van der Waals surface area contributed by atoms with Gasteiger partial charge in [0.15, 0.2) is 0 Å². The Morgan fingerprint density at radius 3 is 2.47 bits per heavy atom. The minimum Gasteiger partial charge on any atom is -0.340 e. The van der Waals surface area contributed by atoms with Crippen LogP contribution in [0.5, 0.6) is 0 Å². The standard InChI is InChI=1S/C13H25N3O/c1-11(10-14)2-5-13(17)16-8-6-15(7-9-16)12-3-4-12/h11-12H,2-10,14H2,1H3. The van der Waals surface area contributed by atoms with Crippen molar-refractivity contribution in [1.82, 2.24) is 9.80 Å². The lowest BCUT2D eigenvalue weighted by Crippen LogP contribution is -2.49. The maximum atomic E-state index is 12.0. The highest BCUT2D eigenvalue weighted by molar-refractivity contribution is 5.76. The van der Waals surface area contributed by atoms with Gasteiger partial charge in [0, 0.05) is 38.6 Å². The third-order valence-corrected chi connectivity index (χ3v) is 3.98. The Bertz CT molecular complexity index is 257. The molecule has 1 aliphatic heterocycles. The molecule has 1 saturated carbocycles. The van der Waals surface area contributed by atoms with Gasteiger partial charge >= 0.3 is 0 Å². The second kappa shape index (κ2) is 5.83. The third kappa shape index (κ3) is 3.68. The van der Waals surface area contributed by atoms with E-state index in [1.807, 2.05) is 4.90 Å². The van der Waals surface area contributed by atoms with Crippen LogP contribution >= 0.6 is 0 Å². The summed E-state index contributed by atoms with van der Waals surface area (Å²) in [5.41, 5.74) is 5.56. The molecule has 2 fully saturated rings. The van der Waals surface area contributed by atoms with E-state index in [0.29, 0.717) is 24.8 Å². The van der Waals surface area contributed by atoms with Gasteiger partial charge < -0.3 is 10.6 Å². The van der Waals surface area contributed by atoms with E-state index >= 15 is 0 Å². The third-order valence-electron chi connectivity index (χ3n) is 3.98. The normalized spacial score (nSPS) is 23.8. The summed E-state index contributed by atoms with van der Waals surface area (Å²) in [6, 6.07) is 0.838. The second-order valence-electron chi connectivity index (χ2n) is 5.53. The van der Waals surface area contributed by atoms with Gasteiger partial charge in [0.2, 0.25) is 5.91 Å². The number of nitrogens with two attached hydrogens (primary N) is 1. The number of nitrogens with zero attached hydrogens (tertiary/aromatic N) is 2. The summed E-state index contributed by atoms with van der Waals surface area (Å²) in [6.45, 7) is 6.78. The van der Waals surface area contributed by atoms with Gasteiger partial charge in [-0.15, -0.1) is 0 Å². The van der Waals surface area contributed by atoms with Gasteiger partial charge in [-0.2, -0.15) is 0 Å². The van der Waals surface area contributed by atoms with Crippen LogP contribution in [0.4, 0.5) is 0 Å². The Kier molecular flexibility index (Phi) is 4.40. The van der Waals surface area contributed by atoms with Crippen LogP contribution < -0.4 is 5.73 Å². The van der Waals surface area contributed by atoms with Crippen molar-refractivity contribution in [2.75, 3.05) is 32.7 Å². The van der Waals surface area contributed by atoms with Gasteiger partial charge in [-0.25, -0.2) is 0 Å². The molecule has 1 amide bonds. The Labute approximate surface area is 104 Å². The predicted molar refractivity (Wildman–Crippen MR) is 68.6 cm³/mol. The highest BCUT2D eigenvalue weighted by Crippen LogP contribution is 2.27. The summed E-state index contributed by atoms with van der Waals surface area (Å²) in [7, 11) is 0. The Morgan fingerprint density at radius 1 is 1.29 bits per heavy atom. The van der Waals surface area contributed by atoms with E-state index < -0.39 is 0 Å². The minimum absolute atomic E-state index is 0.320. The molecule has 1 aliphatic carbocycles. The zero-order chi connectivity index (χ0) is 12.3. The Morgan fingerprint density at radius 2 is 1.94 bits per heavy atom. The molecule has 0 aromatic heterocycles. The number of rotatable bonds is 5. The highest BCUT2D eigenvalue weighted by Gasteiger charge is 2.32. The van der Waals surface area contributed by atoms with E-state index in [4.69, 9.17) is 5.73 Å². The molecule has 0 radical (unpaired) electrons. The molecule has 1 unspecified atom stereocenters. The summed E-state index contributed by atoms with van der Waals surface area (Å²) < 4.78 is 0. The van der Waals surface area contributed by atoms with Gasteiger partial charge in [0.1, 0.15) is 0 Å². The summed E-state index contributed by atoms with van der Waals surface area (Å²) in [5.74, 6) is 0.785. The SMILES string of the molecule is CC(CN)CCC(=O)N1CCN(C2CC2)CC1. The van der Waals surface area contributed by atoms with Gasteiger partial charge in [-0.3, -0.25) is 9.69 Å². The van der Waals surface area contributed by atoms with Crippen LogP contribution in [0.3, 0.4) is 0 Å². The first-order valence-corrected chi connectivity index (χ1v) is 6.92. The van der Waals surface area contributed by atoms with E-state index in [1.165, 1.54) is 12.8 Å². The van der Waals surface area contributed by atoms with E-state index in [1.54, 1.807) is 0 Å². The first-order chi connectivity index (χ1) is 8.20. The van der Waals surface area contributed by atoms with Gasteiger partial charge in [-0.05, 0) is 31.7 Å². The first kappa shape index (κ1) is 12.8. The molecule has 2 N–H and O–H groups in total. The van der Waals surface area contributed by atoms with Crippen molar-refractivity contribution in [2.45, 2.75) is 38.6 Å². The fraction of sp³-hybridized carbons (Fsp3) is 0.923. The number of piperazine rings is 1. The van der Waals surface area contributed by atoms with Crippen LogP contribution in [-0.4, -0.2) is 54.5 Å². The first-order valence-electron chi connectivity index (χ1n) is 6.92. The maximum Gasteiger partial charge on any atom is 0.222 e. The monoisotopic (exact) mass is 239 g/mol. The zero-order valence-electron chi connectivity index (χ0n) is 10.9. The van der Waals surface area contributed by atoms with E-state index in [9.17, 15) is 4.79 Å². The molecule has 1 saturated heterocycles. The van der Waals surface area contributed by atoms with Crippen LogP contribution in [0, 0.1) is 5.92 Å². The molecule has 4 nitrogen and oxygen atoms in total. The van der Waals surface area contributed by atoms with Crippen molar-refractivity contribution < 1.29 is 4.79 Å². The zero-order valence-corrected chi connectivity index (χ0v) is 10.9. The van der Waals surface area contributed by atoms with Crippen molar-refractivity contribution in [3.8, 4) is 0 Å². The molecule has 1 atom stereocenters. The molecule has 0 bridgehead atoms. The molecule has 4 heteroatoms. The van der Waals surface area contributed by atoms with Gasteiger partial charge in [0.05, 0.1) is 0 Å². The fourth-order valence-corrected chi connectivity index (χ4v) is 2.42. The summed E-state index contributed by atoms with van der Waals surface area (Å²) in [5, 5.41) is 0. The average Bonchev–Trinajstić information content (AvgIpc) is 3.20. The molecule has 0 aromatic carbocycles. The van der Waals surface area contributed by atoms with Crippen molar-refractivity contribution in [1.29, 1.82) is 0 Å². The summed E-state index contributed by atoms with van der Waals surface area (Å²) >= 11 is 0. The lowest BCUT2D eigenvalue weighted by molar-refractivity contribution is -0.133. The van der Waals surface area contributed by atoms with Crippen LogP contribution in [-0.2, 0) is 4.79 Å². The topological polar surface area (TPSA) is 49.6 Å². The summed E-state index contributed by atoms with van der Waals surface area (Å²) in [6.07, 6.45) is 4.32. The Balaban J connectivity index is 1.66.